The highest BCUT2D eigenvalue weighted by Crippen LogP contribution is 2.34. The number of halogens is 1. The average molecular weight is 280 g/mol. The summed E-state index contributed by atoms with van der Waals surface area (Å²) in [6, 6.07) is 17.7. The number of hydrogen-bond acceptors (Lipinski definition) is 2. The Morgan fingerprint density at radius 2 is 1.75 bits per heavy atom. The second-order valence-electron chi connectivity index (χ2n) is 4.64. The SMILES string of the molecule is Clc1ccc(-c2cccc3c2oc2cccnc23)cc1. The van der Waals surface area contributed by atoms with E-state index in [-0.39, 0.29) is 0 Å². The van der Waals surface area contributed by atoms with Gasteiger partial charge in [-0.3, -0.25) is 4.98 Å². The number of para-hydroxylation sites is 1. The van der Waals surface area contributed by atoms with E-state index in [4.69, 9.17) is 16.0 Å². The normalized spacial score (nSPS) is 11.2. The van der Waals surface area contributed by atoms with Crippen LogP contribution < -0.4 is 0 Å². The lowest BCUT2D eigenvalue weighted by Gasteiger charge is -2.02. The molecule has 0 aliphatic carbocycles. The molecule has 0 radical (unpaired) electrons. The van der Waals surface area contributed by atoms with E-state index in [1.807, 2.05) is 54.6 Å². The van der Waals surface area contributed by atoms with Gasteiger partial charge < -0.3 is 4.42 Å². The summed E-state index contributed by atoms with van der Waals surface area (Å²) in [4.78, 5) is 4.40. The van der Waals surface area contributed by atoms with E-state index < -0.39 is 0 Å². The minimum atomic E-state index is 0.729. The molecule has 3 heteroatoms. The first kappa shape index (κ1) is 11.5. The summed E-state index contributed by atoms with van der Waals surface area (Å²) in [7, 11) is 0. The number of fused-ring (bicyclic) bond motifs is 3. The van der Waals surface area contributed by atoms with E-state index >= 15 is 0 Å². The highest BCUT2D eigenvalue weighted by molar-refractivity contribution is 6.30. The standard InChI is InChI=1S/C17H10ClNO/c18-12-8-6-11(7-9-12)13-3-1-4-14-16-15(20-17(13)14)5-2-10-19-16/h1-10H. The molecule has 4 aromatic rings. The van der Waals surface area contributed by atoms with Crippen LogP contribution in [0, 0.1) is 0 Å². The second kappa shape index (κ2) is 4.36. The Kier molecular flexibility index (Phi) is 2.51. The summed E-state index contributed by atoms with van der Waals surface area (Å²) in [5.41, 5.74) is 4.71. The van der Waals surface area contributed by atoms with E-state index in [1.165, 1.54) is 0 Å². The summed E-state index contributed by atoms with van der Waals surface area (Å²) in [5.74, 6) is 0. The molecule has 0 aliphatic heterocycles. The van der Waals surface area contributed by atoms with Gasteiger partial charge in [0.05, 0.1) is 0 Å². The maximum Gasteiger partial charge on any atom is 0.153 e. The van der Waals surface area contributed by atoms with Gasteiger partial charge in [0.2, 0.25) is 0 Å². The molecule has 2 nitrogen and oxygen atoms in total. The number of furan rings is 1. The zero-order chi connectivity index (χ0) is 13.5. The Morgan fingerprint density at radius 1 is 0.900 bits per heavy atom. The molecule has 0 saturated carbocycles. The molecule has 0 atom stereocenters. The zero-order valence-corrected chi connectivity index (χ0v) is 11.3. The lowest BCUT2D eigenvalue weighted by atomic mass is 10.0. The lowest BCUT2D eigenvalue weighted by Crippen LogP contribution is -1.78. The molecule has 0 aliphatic rings. The molecule has 0 bridgehead atoms. The van der Waals surface area contributed by atoms with Crippen LogP contribution in [0.2, 0.25) is 5.02 Å². The van der Waals surface area contributed by atoms with E-state index in [0.717, 1.165) is 38.2 Å². The maximum atomic E-state index is 5.97. The molecular weight excluding hydrogens is 270 g/mol. The van der Waals surface area contributed by atoms with Crippen LogP contribution >= 0.6 is 11.6 Å². The lowest BCUT2D eigenvalue weighted by molar-refractivity contribution is 0.669. The Labute approximate surface area is 120 Å². The van der Waals surface area contributed by atoms with Gasteiger partial charge >= 0.3 is 0 Å². The van der Waals surface area contributed by atoms with E-state index in [1.54, 1.807) is 6.20 Å². The topological polar surface area (TPSA) is 26.0 Å². The van der Waals surface area contributed by atoms with Gasteiger partial charge in [0.25, 0.3) is 0 Å². The van der Waals surface area contributed by atoms with Crippen LogP contribution in [0.25, 0.3) is 33.2 Å². The van der Waals surface area contributed by atoms with Crippen molar-refractivity contribution in [2.45, 2.75) is 0 Å². The number of pyridine rings is 1. The van der Waals surface area contributed by atoms with Crippen LogP contribution in [0.3, 0.4) is 0 Å². The molecule has 0 spiro atoms. The van der Waals surface area contributed by atoms with Crippen molar-refractivity contribution in [3.05, 3.63) is 65.8 Å². The predicted molar refractivity (Wildman–Crippen MR) is 82.0 cm³/mol. The van der Waals surface area contributed by atoms with Crippen molar-refractivity contribution in [3.63, 3.8) is 0 Å². The molecule has 0 saturated heterocycles. The number of nitrogens with zero attached hydrogens (tertiary/aromatic N) is 1. The van der Waals surface area contributed by atoms with E-state index in [9.17, 15) is 0 Å². The van der Waals surface area contributed by atoms with Crippen molar-refractivity contribution in [1.29, 1.82) is 0 Å². The highest BCUT2D eigenvalue weighted by atomic mass is 35.5. The summed E-state index contributed by atoms with van der Waals surface area (Å²) < 4.78 is 5.97. The zero-order valence-electron chi connectivity index (χ0n) is 10.5. The molecule has 2 heterocycles. The van der Waals surface area contributed by atoms with Crippen LogP contribution in [0.5, 0.6) is 0 Å². The van der Waals surface area contributed by atoms with Crippen LogP contribution in [0.15, 0.2) is 65.2 Å². The molecule has 20 heavy (non-hydrogen) atoms. The minimum absolute atomic E-state index is 0.729. The van der Waals surface area contributed by atoms with Gasteiger partial charge in [-0.1, -0.05) is 35.9 Å². The number of benzene rings is 2. The van der Waals surface area contributed by atoms with Crippen LogP contribution in [0.4, 0.5) is 0 Å². The van der Waals surface area contributed by atoms with Crippen LogP contribution in [0.1, 0.15) is 0 Å². The van der Waals surface area contributed by atoms with Gasteiger partial charge in [0.1, 0.15) is 11.1 Å². The van der Waals surface area contributed by atoms with Crippen molar-refractivity contribution in [1.82, 2.24) is 4.98 Å². The first-order valence-electron chi connectivity index (χ1n) is 6.35. The Bertz CT molecular complexity index is 909. The fourth-order valence-electron chi connectivity index (χ4n) is 2.48. The molecule has 0 fully saturated rings. The summed E-state index contributed by atoms with van der Waals surface area (Å²) >= 11 is 5.95. The fourth-order valence-corrected chi connectivity index (χ4v) is 2.60. The number of hydrogen-bond donors (Lipinski definition) is 0. The molecule has 0 N–H and O–H groups in total. The van der Waals surface area contributed by atoms with Crippen molar-refractivity contribution in [2.75, 3.05) is 0 Å². The smallest absolute Gasteiger partial charge is 0.153 e. The number of rotatable bonds is 1. The molecular formula is C17H10ClNO. The van der Waals surface area contributed by atoms with Gasteiger partial charge in [-0.15, -0.1) is 0 Å². The first-order chi connectivity index (χ1) is 9.83. The van der Waals surface area contributed by atoms with Gasteiger partial charge in [-0.05, 0) is 35.9 Å². The second-order valence-corrected chi connectivity index (χ2v) is 5.08. The molecule has 0 amide bonds. The molecule has 96 valence electrons. The molecule has 4 rings (SSSR count). The monoisotopic (exact) mass is 279 g/mol. The molecule has 0 unspecified atom stereocenters. The van der Waals surface area contributed by atoms with Crippen molar-refractivity contribution in [3.8, 4) is 11.1 Å². The minimum Gasteiger partial charge on any atom is -0.454 e. The van der Waals surface area contributed by atoms with E-state index in [0.29, 0.717) is 0 Å². The summed E-state index contributed by atoms with van der Waals surface area (Å²) in [6.07, 6.45) is 1.78. The third-order valence-corrected chi connectivity index (χ3v) is 3.66. The maximum absolute atomic E-state index is 5.97. The van der Waals surface area contributed by atoms with Gasteiger partial charge in [-0.2, -0.15) is 0 Å². The Balaban J connectivity index is 2.07. The molecule has 2 aromatic heterocycles. The quantitative estimate of drug-likeness (QED) is 0.472. The third kappa shape index (κ3) is 1.69. The van der Waals surface area contributed by atoms with Crippen LogP contribution in [-0.4, -0.2) is 4.98 Å². The average Bonchev–Trinajstić information content (AvgIpc) is 2.87. The fraction of sp³-hybridized carbons (Fsp3) is 0. The van der Waals surface area contributed by atoms with Crippen molar-refractivity contribution < 1.29 is 4.42 Å². The van der Waals surface area contributed by atoms with Gasteiger partial charge in [0, 0.05) is 22.2 Å². The van der Waals surface area contributed by atoms with Crippen molar-refractivity contribution in [2.24, 2.45) is 0 Å². The van der Waals surface area contributed by atoms with E-state index in [2.05, 4.69) is 4.98 Å². The largest absolute Gasteiger partial charge is 0.454 e. The summed E-state index contributed by atoms with van der Waals surface area (Å²) in [5, 5.41) is 1.76. The van der Waals surface area contributed by atoms with Gasteiger partial charge in [0.15, 0.2) is 5.58 Å². The predicted octanol–water partition coefficient (Wildman–Crippen LogP) is 5.30. The first-order valence-corrected chi connectivity index (χ1v) is 6.73. The van der Waals surface area contributed by atoms with Gasteiger partial charge in [-0.25, -0.2) is 0 Å². The Hall–Kier alpha value is -2.32. The summed E-state index contributed by atoms with van der Waals surface area (Å²) in [6.45, 7) is 0. The van der Waals surface area contributed by atoms with Crippen LogP contribution in [-0.2, 0) is 0 Å². The number of aromatic nitrogens is 1. The molecule has 2 aromatic carbocycles. The Morgan fingerprint density at radius 3 is 2.60 bits per heavy atom. The third-order valence-electron chi connectivity index (χ3n) is 3.41. The highest BCUT2D eigenvalue weighted by Gasteiger charge is 2.12. The van der Waals surface area contributed by atoms with Crippen molar-refractivity contribution >= 4 is 33.7 Å².